The number of aromatic nitrogens is 2. The van der Waals surface area contributed by atoms with Gasteiger partial charge in [-0.25, -0.2) is 4.98 Å². The van der Waals surface area contributed by atoms with Crippen LogP contribution in [0.25, 0.3) is 5.13 Å². The first kappa shape index (κ1) is 20.3. The maximum Gasteiger partial charge on any atom is 0.253 e. The van der Waals surface area contributed by atoms with Crippen LogP contribution in [0.2, 0.25) is 0 Å². The molecule has 31 heavy (non-hydrogen) atoms. The molecule has 1 atom stereocenters. The number of rotatable bonds is 3. The number of para-hydroxylation sites is 1. The number of amides is 1. The van der Waals surface area contributed by atoms with Crippen LogP contribution in [0.5, 0.6) is 5.75 Å². The molecule has 0 saturated carbocycles. The zero-order chi connectivity index (χ0) is 21.6. The molecule has 0 radical (unpaired) electrons. The molecule has 2 aromatic heterocycles. The Morgan fingerprint density at radius 2 is 2.03 bits per heavy atom. The first-order chi connectivity index (χ1) is 15.0. The largest absolute Gasteiger partial charge is 0.487 e. The fourth-order valence-electron chi connectivity index (χ4n) is 4.93. The number of fused-ring (bicyclic) bond motifs is 1. The lowest BCUT2D eigenvalue weighted by atomic mass is 9.80. The average Bonchev–Trinajstić information content (AvgIpc) is 3.38. The van der Waals surface area contributed by atoms with Gasteiger partial charge in [-0.15, -0.1) is 11.3 Å². The topological polar surface area (TPSA) is 59.4 Å². The maximum absolute atomic E-state index is 13.4. The quantitative estimate of drug-likeness (QED) is 0.666. The molecule has 162 valence electrons. The second kappa shape index (κ2) is 7.80. The fourth-order valence-corrected chi connectivity index (χ4v) is 5.68. The molecule has 4 heterocycles. The Bertz CT molecular complexity index is 1100. The van der Waals surface area contributed by atoms with Gasteiger partial charge >= 0.3 is 0 Å². The van der Waals surface area contributed by atoms with Gasteiger partial charge in [0, 0.05) is 48.0 Å². The fraction of sp³-hybridized carbons (Fsp3) is 0.417. The van der Waals surface area contributed by atoms with Crippen LogP contribution < -0.4 is 10.1 Å². The van der Waals surface area contributed by atoms with Gasteiger partial charge in [0.1, 0.15) is 11.4 Å². The van der Waals surface area contributed by atoms with Crippen LogP contribution in [0.4, 0.5) is 0 Å². The number of piperidine rings is 1. The summed E-state index contributed by atoms with van der Waals surface area (Å²) in [6.07, 6.45) is 4.54. The molecule has 1 amide bonds. The Morgan fingerprint density at radius 1 is 1.26 bits per heavy atom. The van der Waals surface area contributed by atoms with Gasteiger partial charge in [-0.1, -0.05) is 18.2 Å². The van der Waals surface area contributed by atoms with Crippen molar-refractivity contribution < 1.29 is 9.53 Å². The molecule has 7 heteroatoms. The third kappa shape index (κ3) is 3.66. The van der Waals surface area contributed by atoms with Crippen molar-refractivity contribution >= 4 is 17.2 Å². The Morgan fingerprint density at radius 3 is 2.77 bits per heavy atom. The third-order valence-corrected chi connectivity index (χ3v) is 7.44. The lowest BCUT2D eigenvalue weighted by Crippen LogP contribution is -2.51. The number of nitrogens with zero attached hydrogens (tertiary/aromatic N) is 3. The van der Waals surface area contributed by atoms with Gasteiger partial charge in [0.2, 0.25) is 0 Å². The summed E-state index contributed by atoms with van der Waals surface area (Å²) in [5, 5.41) is 6.18. The van der Waals surface area contributed by atoms with Crippen molar-refractivity contribution in [3.8, 4) is 10.9 Å². The number of thiazole rings is 1. The zero-order valence-corrected chi connectivity index (χ0v) is 19.0. The Balaban J connectivity index is 1.44. The average molecular weight is 437 g/mol. The van der Waals surface area contributed by atoms with E-state index in [0.29, 0.717) is 5.56 Å². The van der Waals surface area contributed by atoms with E-state index in [0.717, 1.165) is 60.2 Å². The van der Waals surface area contributed by atoms with Crippen molar-refractivity contribution in [2.75, 3.05) is 20.1 Å². The number of ether oxygens (including phenoxy) is 1. The minimum Gasteiger partial charge on any atom is -0.487 e. The highest BCUT2D eigenvalue weighted by molar-refractivity contribution is 7.12. The summed E-state index contributed by atoms with van der Waals surface area (Å²) >= 11 is 1.57. The Labute approximate surface area is 186 Å². The maximum atomic E-state index is 13.4. The lowest BCUT2D eigenvalue weighted by Gasteiger charge is -2.46. The van der Waals surface area contributed by atoms with Crippen LogP contribution in [0.1, 0.15) is 52.6 Å². The van der Waals surface area contributed by atoms with E-state index in [2.05, 4.69) is 32.9 Å². The second-order valence-electron chi connectivity index (χ2n) is 8.79. The Hall–Kier alpha value is -2.64. The molecule has 5 rings (SSSR count). The van der Waals surface area contributed by atoms with E-state index in [9.17, 15) is 4.79 Å². The summed E-state index contributed by atoms with van der Waals surface area (Å²) in [6.45, 7) is 6.03. The second-order valence-corrected chi connectivity index (χ2v) is 9.66. The summed E-state index contributed by atoms with van der Waals surface area (Å²) < 4.78 is 8.58. The van der Waals surface area contributed by atoms with Crippen molar-refractivity contribution in [2.24, 2.45) is 0 Å². The lowest BCUT2D eigenvalue weighted by molar-refractivity contribution is -0.0195. The summed E-state index contributed by atoms with van der Waals surface area (Å²) in [5.74, 6) is 0.859. The van der Waals surface area contributed by atoms with Crippen LogP contribution in [0.15, 0.2) is 41.9 Å². The number of likely N-dealkylation sites (tertiary alicyclic amines) is 1. The van der Waals surface area contributed by atoms with Gasteiger partial charge in [0.25, 0.3) is 5.91 Å². The number of hydrogen-bond donors (Lipinski definition) is 1. The van der Waals surface area contributed by atoms with E-state index >= 15 is 0 Å². The van der Waals surface area contributed by atoms with Crippen LogP contribution >= 0.6 is 11.3 Å². The molecular weight excluding hydrogens is 408 g/mol. The summed E-state index contributed by atoms with van der Waals surface area (Å²) in [6, 6.07) is 10.0. The number of carbonyl (C=O) groups is 1. The first-order valence-corrected chi connectivity index (χ1v) is 11.7. The Kier molecular flexibility index (Phi) is 5.10. The van der Waals surface area contributed by atoms with E-state index in [4.69, 9.17) is 4.74 Å². The van der Waals surface area contributed by atoms with Crippen molar-refractivity contribution in [3.63, 3.8) is 0 Å². The summed E-state index contributed by atoms with van der Waals surface area (Å²) in [4.78, 5) is 20.2. The molecule has 1 fully saturated rings. The van der Waals surface area contributed by atoms with Crippen LogP contribution in [0.3, 0.4) is 0 Å². The van der Waals surface area contributed by atoms with Gasteiger partial charge < -0.3 is 15.0 Å². The molecule has 6 nitrogen and oxygen atoms in total. The smallest absolute Gasteiger partial charge is 0.253 e. The molecule has 2 aliphatic heterocycles. The van der Waals surface area contributed by atoms with Crippen molar-refractivity contribution in [1.29, 1.82) is 0 Å². The predicted octanol–water partition coefficient (Wildman–Crippen LogP) is 4.27. The highest BCUT2D eigenvalue weighted by Crippen LogP contribution is 2.44. The SMILES string of the molecule is Cc1cc(C(=O)NC2CC3(CCN(C)CC3)Oc3ccccc32)c(C)n1-c1nccs1. The minimum absolute atomic E-state index is 0.0410. The highest BCUT2D eigenvalue weighted by atomic mass is 32.1. The molecule has 1 unspecified atom stereocenters. The molecular formula is C24H28N4O2S. The monoisotopic (exact) mass is 436 g/mol. The molecule has 1 saturated heterocycles. The highest BCUT2D eigenvalue weighted by Gasteiger charge is 2.43. The van der Waals surface area contributed by atoms with Gasteiger partial charge in [-0.05, 0) is 45.9 Å². The molecule has 3 aromatic rings. The van der Waals surface area contributed by atoms with E-state index < -0.39 is 0 Å². The molecule has 0 bridgehead atoms. The van der Waals surface area contributed by atoms with E-state index in [1.54, 1.807) is 17.5 Å². The number of carbonyl (C=O) groups excluding carboxylic acids is 1. The van der Waals surface area contributed by atoms with Gasteiger partial charge in [-0.2, -0.15) is 0 Å². The summed E-state index contributed by atoms with van der Waals surface area (Å²) in [7, 11) is 2.15. The van der Waals surface area contributed by atoms with E-state index in [1.165, 1.54) is 0 Å². The number of aryl methyl sites for hydroxylation is 1. The molecule has 0 aliphatic carbocycles. The van der Waals surface area contributed by atoms with Gasteiger partial charge in [0.05, 0.1) is 11.6 Å². The van der Waals surface area contributed by atoms with Crippen LogP contribution in [0, 0.1) is 13.8 Å². The van der Waals surface area contributed by atoms with Crippen LogP contribution in [-0.4, -0.2) is 46.1 Å². The molecule has 1 aromatic carbocycles. The van der Waals surface area contributed by atoms with Gasteiger partial charge in [-0.3, -0.25) is 9.36 Å². The summed E-state index contributed by atoms with van der Waals surface area (Å²) in [5.41, 5.74) is 3.48. The number of nitrogens with one attached hydrogen (secondary N) is 1. The normalized spacial score (nSPS) is 20.3. The van der Waals surface area contributed by atoms with Crippen molar-refractivity contribution in [1.82, 2.24) is 19.8 Å². The molecule has 1 N–H and O–H groups in total. The van der Waals surface area contributed by atoms with E-state index in [1.807, 2.05) is 43.5 Å². The van der Waals surface area contributed by atoms with Crippen LogP contribution in [-0.2, 0) is 0 Å². The van der Waals surface area contributed by atoms with Crippen molar-refractivity contribution in [3.05, 3.63) is 64.4 Å². The van der Waals surface area contributed by atoms with E-state index in [-0.39, 0.29) is 17.6 Å². The third-order valence-electron chi connectivity index (χ3n) is 6.69. The molecule has 1 spiro atoms. The van der Waals surface area contributed by atoms with Crippen molar-refractivity contribution in [2.45, 2.75) is 44.8 Å². The molecule has 2 aliphatic rings. The zero-order valence-electron chi connectivity index (χ0n) is 18.2. The minimum atomic E-state index is -0.212. The van der Waals surface area contributed by atoms with Gasteiger partial charge in [0.15, 0.2) is 5.13 Å². The first-order valence-electron chi connectivity index (χ1n) is 10.8. The standard InChI is InChI=1S/C24H28N4O2S/c1-16-14-19(17(2)28(16)23-25-10-13-31-23)22(29)26-20-15-24(8-11-27(3)12-9-24)30-21-7-5-4-6-18(20)21/h4-7,10,13-14,20H,8-9,11-12,15H2,1-3H3,(H,26,29). The predicted molar refractivity (Wildman–Crippen MR) is 122 cm³/mol. The number of benzene rings is 1. The number of hydrogen-bond acceptors (Lipinski definition) is 5.